The van der Waals surface area contributed by atoms with Gasteiger partial charge in [-0.25, -0.2) is 0 Å². The molecule has 0 aromatic heterocycles. The highest BCUT2D eigenvalue weighted by Crippen LogP contribution is 2.58. The molecule has 0 atom stereocenters. The molecule has 4 fully saturated rings. The van der Waals surface area contributed by atoms with E-state index < -0.39 is 5.03 Å². The molecule has 4 rings (SSSR count). The maximum absolute atomic E-state index is 10.5. The van der Waals surface area contributed by atoms with Crippen LogP contribution < -0.4 is 0 Å². The fraction of sp³-hybridized carbons (Fsp3) is 1.00. The molecule has 0 aromatic carbocycles. The van der Waals surface area contributed by atoms with Crippen molar-refractivity contribution in [2.75, 3.05) is 0 Å². The van der Waals surface area contributed by atoms with Crippen molar-refractivity contribution in [3.8, 4) is 0 Å². The van der Waals surface area contributed by atoms with Gasteiger partial charge >= 0.3 is 0 Å². The monoisotopic (exact) mass is 195 g/mol. The highest BCUT2D eigenvalue weighted by molar-refractivity contribution is 5.12. The van der Waals surface area contributed by atoms with E-state index in [9.17, 15) is 10.1 Å². The van der Waals surface area contributed by atoms with Crippen LogP contribution in [0.4, 0.5) is 0 Å². The van der Waals surface area contributed by atoms with Gasteiger partial charge in [-0.3, -0.25) is 10.1 Å². The molecule has 0 spiro atoms. The Bertz CT molecular complexity index is 242. The van der Waals surface area contributed by atoms with Gasteiger partial charge in [0, 0.05) is 0 Å². The first-order valence-corrected chi connectivity index (χ1v) is 5.52. The van der Waals surface area contributed by atoms with Crippen LogP contribution >= 0.6 is 0 Å². The molecule has 78 valence electrons. The van der Waals surface area contributed by atoms with E-state index in [-0.39, 0.29) is 5.54 Å². The normalized spacial score (nSPS) is 49.3. The van der Waals surface area contributed by atoms with Crippen LogP contribution in [0.15, 0.2) is 0 Å². The molecular formula is C10H15N2O2-. The summed E-state index contributed by atoms with van der Waals surface area (Å²) in [6.07, 6.45) is 6.89. The molecule has 0 N–H and O–H groups in total. The average molecular weight is 195 g/mol. The van der Waals surface area contributed by atoms with Crippen molar-refractivity contribution in [3.05, 3.63) is 15.5 Å². The Kier molecular flexibility index (Phi) is 1.59. The topological polar surface area (TPSA) is 57.2 Å². The molecule has 0 unspecified atom stereocenters. The first-order valence-electron chi connectivity index (χ1n) is 5.52. The standard InChI is InChI=1S/C10H15N2O2/c13-12(14)11-10-4-7-1-8(5-10)3-9(2-7)6-10/h7-9H,1-6H2/q-1. The summed E-state index contributed by atoms with van der Waals surface area (Å²) in [7, 11) is 0. The van der Waals surface area contributed by atoms with Gasteiger partial charge < -0.3 is 5.43 Å². The minimum absolute atomic E-state index is 0.252. The predicted molar refractivity (Wildman–Crippen MR) is 51.3 cm³/mol. The van der Waals surface area contributed by atoms with E-state index in [1.165, 1.54) is 19.3 Å². The summed E-state index contributed by atoms with van der Waals surface area (Å²) in [6.45, 7) is 0. The minimum atomic E-state index is -0.451. The summed E-state index contributed by atoms with van der Waals surface area (Å²) in [6, 6.07) is 0. The molecule has 0 saturated heterocycles. The smallest absolute Gasteiger partial charge is 0.0122 e. The van der Waals surface area contributed by atoms with Gasteiger partial charge in [0.2, 0.25) is 0 Å². The number of nitrogens with zero attached hydrogens (tertiary/aromatic N) is 2. The van der Waals surface area contributed by atoms with Gasteiger partial charge in [0.05, 0.1) is 0 Å². The Labute approximate surface area is 83.2 Å². The molecule has 4 heteroatoms. The molecule has 0 aliphatic heterocycles. The lowest BCUT2D eigenvalue weighted by Crippen LogP contribution is -2.50. The van der Waals surface area contributed by atoms with Gasteiger partial charge in [0.25, 0.3) is 0 Å². The van der Waals surface area contributed by atoms with Crippen LogP contribution in [0.3, 0.4) is 0 Å². The third kappa shape index (κ3) is 1.20. The third-order valence-corrected chi connectivity index (χ3v) is 4.30. The van der Waals surface area contributed by atoms with Gasteiger partial charge in [0.1, 0.15) is 0 Å². The zero-order valence-corrected chi connectivity index (χ0v) is 8.19. The van der Waals surface area contributed by atoms with Crippen LogP contribution in [0.5, 0.6) is 0 Å². The number of hydrogen-bond donors (Lipinski definition) is 0. The fourth-order valence-electron chi connectivity index (χ4n) is 4.36. The lowest BCUT2D eigenvalue weighted by atomic mass is 9.53. The summed E-state index contributed by atoms with van der Waals surface area (Å²) in [5.41, 5.74) is 3.54. The number of rotatable bonds is 2. The SMILES string of the molecule is O=[N+]([O-])[N-]C12CC3CC(CC(C3)C1)C2. The van der Waals surface area contributed by atoms with E-state index >= 15 is 0 Å². The number of hydrogen-bond acceptors (Lipinski definition) is 2. The van der Waals surface area contributed by atoms with Crippen molar-refractivity contribution < 1.29 is 5.03 Å². The Morgan fingerprint density at radius 1 is 1.07 bits per heavy atom. The molecule has 4 saturated carbocycles. The summed E-state index contributed by atoms with van der Waals surface area (Å²) in [5.74, 6) is 2.22. The van der Waals surface area contributed by atoms with Crippen molar-refractivity contribution in [2.24, 2.45) is 17.8 Å². The van der Waals surface area contributed by atoms with Gasteiger partial charge in [-0.2, -0.15) is 0 Å². The Morgan fingerprint density at radius 3 is 1.86 bits per heavy atom. The van der Waals surface area contributed by atoms with Crippen LogP contribution in [0, 0.1) is 27.9 Å². The molecule has 0 radical (unpaired) electrons. The Morgan fingerprint density at radius 2 is 1.50 bits per heavy atom. The molecule has 4 bridgehead atoms. The molecule has 0 aromatic rings. The van der Waals surface area contributed by atoms with Crippen molar-refractivity contribution in [1.29, 1.82) is 0 Å². The van der Waals surface area contributed by atoms with Gasteiger partial charge in [-0.15, -0.1) is 0 Å². The summed E-state index contributed by atoms with van der Waals surface area (Å²) >= 11 is 0. The molecule has 4 nitrogen and oxygen atoms in total. The Balaban J connectivity index is 1.83. The predicted octanol–water partition coefficient (Wildman–Crippen LogP) is 2.52. The highest BCUT2D eigenvalue weighted by atomic mass is 16.7. The molecule has 14 heavy (non-hydrogen) atoms. The quantitative estimate of drug-likeness (QED) is 0.502. The van der Waals surface area contributed by atoms with Crippen LogP contribution in [0.25, 0.3) is 5.43 Å². The zero-order valence-electron chi connectivity index (χ0n) is 8.19. The average Bonchev–Trinajstić information content (AvgIpc) is 1.96. The second-order valence-corrected chi connectivity index (χ2v) is 5.48. The Hall–Kier alpha value is -0.800. The van der Waals surface area contributed by atoms with Crippen LogP contribution in [0.1, 0.15) is 38.5 Å². The molecule has 4 aliphatic carbocycles. The third-order valence-electron chi connectivity index (χ3n) is 4.30. The fourth-order valence-corrected chi connectivity index (χ4v) is 4.36. The molecular weight excluding hydrogens is 180 g/mol. The zero-order chi connectivity index (χ0) is 9.76. The van der Waals surface area contributed by atoms with Gasteiger partial charge in [0.15, 0.2) is 0 Å². The lowest BCUT2D eigenvalue weighted by Gasteiger charge is -2.60. The van der Waals surface area contributed by atoms with E-state index in [1.54, 1.807) is 0 Å². The van der Waals surface area contributed by atoms with E-state index in [2.05, 4.69) is 5.43 Å². The van der Waals surface area contributed by atoms with E-state index in [0.29, 0.717) is 0 Å². The molecule has 4 aliphatic rings. The highest BCUT2D eigenvalue weighted by Gasteiger charge is 2.48. The van der Waals surface area contributed by atoms with E-state index in [1.807, 2.05) is 0 Å². The van der Waals surface area contributed by atoms with E-state index in [0.717, 1.165) is 37.0 Å². The van der Waals surface area contributed by atoms with E-state index in [4.69, 9.17) is 0 Å². The number of nitro groups is 1. The second kappa shape index (κ2) is 2.61. The van der Waals surface area contributed by atoms with Crippen molar-refractivity contribution in [1.82, 2.24) is 0 Å². The van der Waals surface area contributed by atoms with Crippen molar-refractivity contribution in [2.45, 2.75) is 44.1 Å². The van der Waals surface area contributed by atoms with Crippen molar-refractivity contribution in [3.63, 3.8) is 0 Å². The minimum Gasteiger partial charge on any atom is -0.372 e. The first kappa shape index (κ1) is 8.50. The molecule has 0 heterocycles. The lowest BCUT2D eigenvalue weighted by molar-refractivity contribution is -0.440. The second-order valence-electron chi connectivity index (χ2n) is 5.48. The maximum atomic E-state index is 10.5. The largest absolute Gasteiger partial charge is 0.372 e. The van der Waals surface area contributed by atoms with Gasteiger partial charge in [-0.1, -0.05) is 24.8 Å². The van der Waals surface area contributed by atoms with Gasteiger partial charge in [-0.05, 0) is 42.0 Å². The van der Waals surface area contributed by atoms with Crippen LogP contribution in [-0.2, 0) is 0 Å². The maximum Gasteiger partial charge on any atom is -0.0122 e. The summed E-state index contributed by atoms with van der Waals surface area (Å²) < 4.78 is 0. The van der Waals surface area contributed by atoms with Crippen LogP contribution in [0.2, 0.25) is 0 Å². The molecule has 0 amide bonds. The summed E-state index contributed by atoms with van der Waals surface area (Å²) in [5, 5.41) is 10.1. The first-order chi connectivity index (χ1) is 6.65. The summed E-state index contributed by atoms with van der Waals surface area (Å²) in [4.78, 5) is 10.5. The van der Waals surface area contributed by atoms with Crippen molar-refractivity contribution >= 4 is 0 Å². The van der Waals surface area contributed by atoms with Crippen LogP contribution in [-0.4, -0.2) is 10.6 Å².